The second-order valence-corrected chi connectivity index (χ2v) is 11.7. The highest BCUT2D eigenvalue weighted by atomic mass is 16.6. The van der Waals surface area contributed by atoms with Crippen molar-refractivity contribution in [2.45, 2.75) is 17.6 Å². The van der Waals surface area contributed by atoms with Gasteiger partial charge in [-0.15, -0.1) is 0 Å². The number of benzene rings is 5. The SMILES string of the molecule is C=CC(=O)OCC(O)COc1ccc(C2(c3ccc(OCC(O)COC(=O)C=C)cc3)c3ccccc3-c3ccc4ccccc4c32)cc1. The number of rotatable bonds is 14. The standard InChI is InChI=1S/C41H36O8/c1-3-38(44)48-25-30(42)23-46-32-18-14-28(15-19-32)41(29-16-20-33(21-17-29)47-24-31(43)26-49-39(45)4-2)37-12-8-7-11-35(37)36-22-13-27-9-5-6-10-34(27)40(36)41/h3-22,30-31,42-43H,1-2,23-26H2. The zero-order valence-electron chi connectivity index (χ0n) is 26.8. The summed E-state index contributed by atoms with van der Waals surface area (Å²) in [5.74, 6) is -0.110. The van der Waals surface area contributed by atoms with Crippen LogP contribution in [-0.2, 0) is 24.5 Å². The summed E-state index contributed by atoms with van der Waals surface area (Å²) < 4.78 is 21.6. The molecule has 248 valence electrons. The van der Waals surface area contributed by atoms with Gasteiger partial charge < -0.3 is 29.2 Å². The Morgan fingerprint density at radius 1 is 0.612 bits per heavy atom. The van der Waals surface area contributed by atoms with Crippen molar-refractivity contribution < 1.29 is 38.7 Å². The van der Waals surface area contributed by atoms with Gasteiger partial charge in [-0.2, -0.15) is 0 Å². The quantitative estimate of drug-likeness (QED) is 0.106. The van der Waals surface area contributed by atoms with E-state index in [9.17, 15) is 19.8 Å². The first-order valence-electron chi connectivity index (χ1n) is 15.9. The van der Waals surface area contributed by atoms with Crippen molar-refractivity contribution in [3.8, 4) is 22.6 Å². The molecule has 5 aromatic carbocycles. The smallest absolute Gasteiger partial charge is 0.330 e. The Labute approximate surface area is 284 Å². The van der Waals surface area contributed by atoms with Gasteiger partial charge in [-0.1, -0.05) is 98.1 Å². The summed E-state index contributed by atoms with van der Waals surface area (Å²) in [6, 6.07) is 36.8. The van der Waals surface area contributed by atoms with E-state index >= 15 is 0 Å². The molecule has 6 rings (SSSR count). The molecule has 2 atom stereocenters. The third kappa shape index (κ3) is 6.69. The molecule has 0 heterocycles. The Balaban J connectivity index is 1.38. The van der Waals surface area contributed by atoms with Crippen LogP contribution < -0.4 is 9.47 Å². The van der Waals surface area contributed by atoms with Crippen LogP contribution in [0.5, 0.6) is 11.5 Å². The zero-order valence-corrected chi connectivity index (χ0v) is 26.8. The monoisotopic (exact) mass is 656 g/mol. The van der Waals surface area contributed by atoms with Crippen LogP contribution >= 0.6 is 0 Å². The van der Waals surface area contributed by atoms with Crippen molar-refractivity contribution in [1.29, 1.82) is 0 Å². The van der Waals surface area contributed by atoms with E-state index in [2.05, 4.69) is 67.8 Å². The Morgan fingerprint density at radius 2 is 1.12 bits per heavy atom. The number of hydrogen-bond donors (Lipinski definition) is 2. The molecule has 0 amide bonds. The molecule has 0 aliphatic heterocycles. The first-order valence-corrected chi connectivity index (χ1v) is 15.9. The Hall–Kier alpha value is -5.70. The van der Waals surface area contributed by atoms with Gasteiger partial charge in [0.15, 0.2) is 0 Å². The van der Waals surface area contributed by atoms with Gasteiger partial charge in [-0.05, 0) is 68.4 Å². The molecule has 2 N–H and O–H groups in total. The Kier molecular flexibility index (Phi) is 9.89. The molecule has 5 aromatic rings. The highest BCUT2D eigenvalue weighted by Gasteiger charge is 2.47. The molecule has 49 heavy (non-hydrogen) atoms. The minimum atomic E-state index is -1.00. The van der Waals surface area contributed by atoms with Crippen molar-refractivity contribution in [1.82, 2.24) is 0 Å². The topological polar surface area (TPSA) is 112 Å². The van der Waals surface area contributed by atoms with E-state index in [4.69, 9.17) is 18.9 Å². The van der Waals surface area contributed by atoms with Gasteiger partial charge in [-0.25, -0.2) is 9.59 Å². The first-order chi connectivity index (χ1) is 23.8. The lowest BCUT2D eigenvalue weighted by molar-refractivity contribution is -0.142. The lowest BCUT2D eigenvalue weighted by atomic mass is 9.66. The second kappa shape index (κ2) is 14.6. The summed E-state index contributed by atoms with van der Waals surface area (Å²) >= 11 is 0. The molecule has 0 saturated heterocycles. The molecular formula is C41H36O8. The van der Waals surface area contributed by atoms with Crippen molar-refractivity contribution in [2.75, 3.05) is 26.4 Å². The summed E-state index contributed by atoms with van der Waals surface area (Å²) in [5, 5.41) is 22.8. The molecule has 0 bridgehead atoms. The van der Waals surface area contributed by atoms with Crippen LogP contribution in [0.1, 0.15) is 22.3 Å². The fraction of sp³-hybridized carbons (Fsp3) is 0.171. The predicted molar refractivity (Wildman–Crippen MR) is 187 cm³/mol. The van der Waals surface area contributed by atoms with E-state index in [0.29, 0.717) is 11.5 Å². The van der Waals surface area contributed by atoms with Gasteiger partial charge in [0.05, 0.1) is 5.41 Å². The molecule has 8 heteroatoms. The fourth-order valence-corrected chi connectivity index (χ4v) is 6.40. The third-order valence-electron chi connectivity index (χ3n) is 8.55. The highest BCUT2D eigenvalue weighted by Crippen LogP contribution is 2.58. The summed E-state index contributed by atoms with van der Waals surface area (Å²) in [4.78, 5) is 22.7. The van der Waals surface area contributed by atoms with Crippen LogP contribution in [0.4, 0.5) is 0 Å². The number of aliphatic hydroxyl groups excluding tert-OH is 2. The fourth-order valence-electron chi connectivity index (χ4n) is 6.40. The normalized spacial score (nSPS) is 15.7. The van der Waals surface area contributed by atoms with Crippen LogP contribution in [0.2, 0.25) is 0 Å². The lowest BCUT2D eigenvalue weighted by Gasteiger charge is -2.35. The van der Waals surface area contributed by atoms with Crippen LogP contribution in [0.25, 0.3) is 21.9 Å². The Morgan fingerprint density at radius 3 is 1.67 bits per heavy atom. The highest BCUT2D eigenvalue weighted by molar-refractivity contribution is 6.00. The van der Waals surface area contributed by atoms with Gasteiger partial charge in [0.1, 0.15) is 50.1 Å². The zero-order chi connectivity index (χ0) is 34.4. The van der Waals surface area contributed by atoms with Crippen LogP contribution in [0, 0.1) is 0 Å². The van der Waals surface area contributed by atoms with E-state index in [1.165, 1.54) is 0 Å². The molecular weight excluding hydrogens is 620 g/mol. The number of ether oxygens (including phenoxy) is 4. The maximum absolute atomic E-state index is 11.4. The first kappa shape index (κ1) is 33.2. The number of hydrogen-bond acceptors (Lipinski definition) is 8. The van der Waals surface area contributed by atoms with E-state index in [0.717, 1.165) is 56.3 Å². The number of aliphatic hydroxyl groups is 2. The average Bonchev–Trinajstić information content (AvgIpc) is 3.46. The molecule has 1 aliphatic carbocycles. The van der Waals surface area contributed by atoms with Gasteiger partial charge in [0.2, 0.25) is 0 Å². The average molecular weight is 657 g/mol. The molecule has 0 fully saturated rings. The van der Waals surface area contributed by atoms with Gasteiger partial charge in [0.25, 0.3) is 0 Å². The van der Waals surface area contributed by atoms with Gasteiger partial charge >= 0.3 is 11.9 Å². The number of esters is 2. The lowest BCUT2D eigenvalue weighted by Crippen LogP contribution is -2.29. The number of fused-ring (bicyclic) bond motifs is 5. The maximum Gasteiger partial charge on any atom is 0.330 e. The molecule has 8 nitrogen and oxygen atoms in total. The summed E-state index contributed by atoms with van der Waals surface area (Å²) in [6.07, 6.45) is 0.0854. The third-order valence-corrected chi connectivity index (χ3v) is 8.55. The Bertz CT molecular complexity index is 1900. The van der Waals surface area contributed by atoms with Gasteiger partial charge in [-0.3, -0.25) is 0 Å². The van der Waals surface area contributed by atoms with Crippen molar-refractivity contribution in [3.05, 3.63) is 157 Å². The van der Waals surface area contributed by atoms with Crippen molar-refractivity contribution >= 4 is 22.7 Å². The molecule has 0 spiro atoms. The van der Waals surface area contributed by atoms with Crippen LogP contribution in [-0.4, -0.2) is 60.8 Å². The minimum absolute atomic E-state index is 0.0575. The molecule has 0 radical (unpaired) electrons. The largest absolute Gasteiger partial charge is 0.491 e. The molecule has 1 aliphatic rings. The summed E-state index contributed by atoms with van der Waals surface area (Å²) in [7, 11) is 0. The van der Waals surface area contributed by atoms with Gasteiger partial charge in [0, 0.05) is 12.2 Å². The summed E-state index contributed by atoms with van der Waals surface area (Å²) in [6.45, 7) is 6.20. The van der Waals surface area contributed by atoms with E-state index in [1.54, 1.807) is 0 Å². The van der Waals surface area contributed by atoms with Crippen LogP contribution in [0.15, 0.2) is 135 Å². The molecule has 0 aromatic heterocycles. The molecule has 0 saturated carbocycles. The van der Waals surface area contributed by atoms with Crippen molar-refractivity contribution in [3.63, 3.8) is 0 Å². The van der Waals surface area contributed by atoms with Crippen molar-refractivity contribution in [2.24, 2.45) is 0 Å². The van der Waals surface area contributed by atoms with Crippen LogP contribution in [0.3, 0.4) is 0 Å². The maximum atomic E-state index is 11.4. The van der Waals surface area contributed by atoms with E-state index in [1.807, 2.05) is 54.6 Å². The summed E-state index contributed by atoms with van der Waals surface area (Å²) in [5.41, 5.74) is 5.87. The predicted octanol–water partition coefficient (Wildman–Crippen LogP) is 6.14. The molecule has 2 unspecified atom stereocenters. The van der Waals surface area contributed by atoms with E-state index < -0.39 is 29.6 Å². The number of carbonyl (C=O) groups is 2. The van der Waals surface area contributed by atoms with E-state index in [-0.39, 0.29) is 26.4 Å². The second-order valence-electron chi connectivity index (χ2n) is 11.7. The number of carbonyl (C=O) groups excluding carboxylic acids is 2. The minimum Gasteiger partial charge on any atom is -0.491 e.